The molecule has 1 aromatic heterocycles. The van der Waals surface area contributed by atoms with Gasteiger partial charge in [-0.3, -0.25) is 4.79 Å². The Labute approximate surface area is 185 Å². The van der Waals surface area contributed by atoms with E-state index >= 15 is 0 Å². The van der Waals surface area contributed by atoms with Crippen LogP contribution < -0.4 is 20.1 Å². The molecule has 2 aromatic carbocycles. The minimum atomic E-state index is -0.0525. The maximum atomic E-state index is 12.5. The second kappa shape index (κ2) is 9.53. The highest BCUT2D eigenvalue weighted by Gasteiger charge is 2.25. The number of ether oxygens (including phenoxy) is 2. The van der Waals surface area contributed by atoms with Crippen LogP contribution in [0.3, 0.4) is 0 Å². The number of hydrogen-bond donors (Lipinski definition) is 1. The highest BCUT2D eigenvalue weighted by Crippen LogP contribution is 2.31. The minimum absolute atomic E-state index is 0.00932. The summed E-state index contributed by atoms with van der Waals surface area (Å²) in [5.41, 5.74) is 5.81. The Hall–Kier alpha value is -3.52. The van der Waals surface area contributed by atoms with E-state index in [4.69, 9.17) is 26.8 Å². The van der Waals surface area contributed by atoms with Gasteiger partial charge in [-0.15, -0.1) is 0 Å². The summed E-state index contributed by atoms with van der Waals surface area (Å²) < 4.78 is 11.5. The van der Waals surface area contributed by atoms with Crippen LogP contribution in [0.4, 0.5) is 11.8 Å². The maximum absolute atomic E-state index is 12.5. The molecule has 1 amide bonds. The van der Waals surface area contributed by atoms with Crippen LogP contribution in [-0.4, -0.2) is 53.6 Å². The fraction of sp³-hybridized carbons (Fsp3) is 0.227. The van der Waals surface area contributed by atoms with E-state index in [1.54, 1.807) is 35.4 Å². The molecule has 9 heteroatoms. The van der Waals surface area contributed by atoms with E-state index in [2.05, 4.69) is 9.97 Å². The smallest absolute Gasteiger partial charge is 0.260 e. The van der Waals surface area contributed by atoms with Crippen LogP contribution in [0.2, 0.25) is 5.02 Å². The fourth-order valence-electron chi connectivity index (χ4n) is 3.22. The van der Waals surface area contributed by atoms with Crippen LogP contribution in [0.5, 0.6) is 17.2 Å². The molecule has 0 spiro atoms. The predicted molar refractivity (Wildman–Crippen MR) is 119 cm³/mol. The van der Waals surface area contributed by atoms with Gasteiger partial charge in [-0.05, 0) is 36.4 Å². The Morgan fingerprint density at radius 1 is 1.00 bits per heavy atom. The molecular formula is C22H22ClN5O3. The van der Waals surface area contributed by atoms with E-state index in [0.29, 0.717) is 54.3 Å². The van der Waals surface area contributed by atoms with Gasteiger partial charge in [0.25, 0.3) is 5.91 Å². The maximum Gasteiger partial charge on any atom is 0.260 e. The number of hydrogen-bond acceptors (Lipinski definition) is 7. The van der Waals surface area contributed by atoms with Gasteiger partial charge < -0.3 is 25.0 Å². The highest BCUT2D eigenvalue weighted by molar-refractivity contribution is 6.30. The summed E-state index contributed by atoms with van der Waals surface area (Å²) in [4.78, 5) is 24.7. The number of anilines is 2. The molecule has 3 aromatic rings. The van der Waals surface area contributed by atoms with Crippen LogP contribution in [0.15, 0.2) is 60.8 Å². The standard InChI is InChI=1S/C22H22ClN5O3/c23-16-6-8-18(9-7-16)31-19-14-25-22(24)26-21(19)28-12-10-27(11-13-28)20(29)15-30-17-4-2-1-3-5-17/h1-9,14H,10-13,15H2,(H2,24,25,26). The number of nitrogens with zero attached hydrogens (tertiary/aromatic N) is 4. The highest BCUT2D eigenvalue weighted by atomic mass is 35.5. The molecule has 0 atom stereocenters. The van der Waals surface area contributed by atoms with Crippen molar-refractivity contribution >= 4 is 29.3 Å². The lowest BCUT2D eigenvalue weighted by atomic mass is 10.3. The summed E-state index contributed by atoms with van der Waals surface area (Å²) in [5.74, 6) is 2.48. The van der Waals surface area contributed by atoms with Gasteiger partial charge in [-0.25, -0.2) is 4.98 Å². The van der Waals surface area contributed by atoms with Gasteiger partial charge in [0.2, 0.25) is 5.95 Å². The van der Waals surface area contributed by atoms with Crippen molar-refractivity contribution < 1.29 is 14.3 Å². The van der Waals surface area contributed by atoms with Crippen molar-refractivity contribution in [2.75, 3.05) is 43.4 Å². The summed E-state index contributed by atoms with van der Waals surface area (Å²) >= 11 is 5.94. The lowest BCUT2D eigenvalue weighted by Gasteiger charge is -2.35. The first kappa shape index (κ1) is 20.7. The van der Waals surface area contributed by atoms with Gasteiger partial charge in [0.15, 0.2) is 18.2 Å². The predicted octanol–water partition coefficient (Wildman–Crippen LogP) is 3.23. The first-order valence-corrected chi connectivity index (χ1v) is 10.2. The third-order valence-electron chi connectivity index (χ3n) is 4.83. The molecule has 0 unspecified atom stereocenters. The number of amides is 1. The molecule has 1 aliphatic heterocycles. The molecule has 0 saturated carbocycles. The summed E-state index contributed by atoms with van der Waals surface area (Å²) in [7, 11) is 0. The van der Waals surface area contributed by atoms with Crippen molar-refractivity contribution in [3.05, 3.63) is 65.8 Å². The monoisotopic (exact) mass is 439 g/mol. The van der Waals surface area contributed by atoms with E-state index in [0.717, 1.165) is 0 Å². The normalized spacial score (nSPS) is 13.7. The summed E-state index contributed by atoms with van der Waals surface area (Å²) in [6.07, 6.45) is 1.55. The number of para-hydroxylation sites is 1. The minimum Gasteiger partial charge on any atom is -0.484 e. The molecule has 31 heavy (non-hydrogen) atoms. The number of nitrogen functional groups attached to an aromatic ring is 1. The summed E-state index contributed by atoms with van der Waals surface area (Å²) in [6.45, 7) is 2.27. The lowest BCUT2D eigenvalue weighted by molar-refractivity contribution is -0.133. The number of piperazine rings is 1. The lowest BCUT2D eigenvalue weighted by Crippen LogP contribution is -2.50. The zero-order chi connectivity index (χ0) is 21.6. The van der Waals surface area contributed by atoms with Gasteiger partial charge in [0.05, 0.1) is 6.20 Å². The van der Waals surface area contributed by atoms with Crippen molar-refractivity contribution in [3.8, 4) is 17.2 Å². The number of rotatable bonds is 6. The second-order valence-corrected chi connectivity index (χ2v) is 7.38. The molecule has 0 bridgehead atoms. The number of carbonyl (C=O) groups is 1. The molecule has 160 valence electrons. The Bertz CT molecular complexity index is 1030. The largest absolute Gasteiger partial charge is 0.484 e. The molecule has 2 N–H and O–H groups in total. The number of benzene rings is 2. The molecule has 2 heterocycles. The SMILES string of the molecule is Nc1ncc(Oc2ccc(Cl)cc2)c(N2CCN(C(=O)COc3ccccc3)CC2)n1. The molecular weight excluding hydrogens is 418 g/mol. The van der Waals surface area contributed by atoms with Gasteiger partial charge in [-0.2, -0.15) is 4.98 Å². The molecule has 0 radical (unpaired) electrons. The van der Waals surface area contributed by atoms with Crippen LogP contribution >= 0.6 is 11.6 Å². The Morgan fingerprint density at radius 3 is 2.42 bits per heavy atom. The Balaban J connectivity index is 1.38. The van der Waals surface area contributed by atoms with E-state index in [1.807, 2.05) is 35.2 Å². The second-order valence-electron chi connectivity index (χ2n) is 6.94. The van der Waals surface area contributed by atoms with Gasteiger partial charge in [0, 0.05) is 31.2 Å². The van der Waals surface area contributed by atoms with Crippen molar-refractivity contribution in [3.63, 3.8) is 0 Å². The van der Waals surface area contributed by atoms with E-state index < -0.39 is 0 Å². The van der Waals surface area contributed by atoms with Gasteiger partial charge >= 0.3 is 0 Å². The average molecular weight is 440 g/mol. The molecule has 4 rings (SSSR count). The van der Waals surface area contributed by atoms with Gasteiger partial charge in [-0.1, -0.05) is 29.8 Å². The first-order valence-electron chi connectivity index (χ1n) is 9.85. The zero-order valence-electron chi connectivity index (χ0n) is 16.8. The third-order valence-corrected chi connectivity index (χ3v) is 5.09. The van der Waals surface area contributed by atoms with Crippen molar-refractivity contribution in [1.29, 1.82) is 0 Å². The number of nitrogens with two attached hydrogens (primary N) is 1. The van der Waals surface area contributed by atoms with Crippen LogP contribution in [0, 0.1) is 0 Å². The third kappa shape index (κ3) is 5.35. The molecule has 8 nitrogen and oxygen atoms in total. The van der Waals surface area contributed by atoms with Crippen molar-refractivity contribution in [2.45, 2.75) is 0 Å². The van der Waals surface area contributed by atoms with Crippen LogP contribution in [-0.2, 0) is 4.79 Å². The zero-order valence-corrected chi connectivity index (χ0v) is 17.5. The van der Waals surface area contributed by atoms with E-state index in [1.165, 1.54) is 0 Å². The molecule has 1 saturated heterocycles. The van der Waals surface area contributed by atoms with Crippen molar-refractivity contribution in [1.82, 2.24) is 14.9 Å². The molecule has 1 aliphatic rings. The number of halogens is 1. The molecule has 0 aliphatic carbocycles. The van der Waals surface area contributed by atoms with Crippen molar-refractivity contribution in [2.24, 2.45) is 0 Å². The fourth-order valence-corrected chi connectivity index (χ4v) is 3.35. The molecule has 1 fully saturated rings. The average Bonchev–Trinajstić information content (AvgIpc) is 2.81. The van der Waals surface area contributed by atoms with E-state index in [9.17, 15) is 4.79 Å². The topological polar surface area (TPSA) is 93.8 Å². The van der Waals surface area contributed by atoms with Crippen LogP contribution in [0.1, 0.15) is 0 Å². The van der Waals surface area contributed by atoms with Gasteiger partial charge in [0.1, 0.15) is 11.5 Å². The Kier molecular flexibility index (Phi) is 6.37. The number of aromatic nitrogens is 2. The Morgan fingerprint density at radius 2 is 1.71 bits per heavy atom. The summed E-state index contributed by atoms with van der Waals surface area (Å²) in [5, 5.41) is 0.623. The quantitative estimate of drug-likeness (QED) is 0.630. The number of carbonyl (C=O) groups excluding carboxylic acids is 1. The van der Waals surface area contributed by atoms with Crippen LogP contribution in [0.25, 0.3) is 0 Å². The van der Waals surface area contributed by atoms with E-state index in [-0.39, 0.29) is 18.5 Å². The first-order chi connectivity index (χ1) is 15.1. The summed E-state index contributed by atoms with van der Waals surface area (Å²) in [6, 6.07) is 16.3.